The van der Waals surface area contributed by atoms with E-state index in [-0.39, 0.29) is 12.1 Å². The molecule has 1 atom stereocenters. The monoisotopic (exact) mass is 171 g/mol. The molecule has 0 saturated heterocycles. The van der Waals surface area contributed by atoms with Crippen molar-refractivity contribution in [3.63, 3.8) is 0 Å². The molecule has 1 rings (SSSR count). The zero-order chi connectivity index (χ0) is 8.32. The van der Waals surface area contributed by atoms with Crippen molar-refractivity contribution in [2.45, 2.75) is 12.5 Å². The Labute approximate surface area is 70.9 Å². The summed E-state index contributed by atoms with van der Waals surface area (Å²) in [7, 11) is 1.86. The Morgan fingerprint density at radius 1 is 1.73 bits per heavy atom. The Hall–Kier alpha value is -0.380. The lowest BCUT2D eigenvalue weighted by Crippen LogP contribution is -2.39. The highest BCUT2D eigenvalue weighted by atomic mass is 32.1. The molecule has 1 aromatic heterocycles. The smallest absolute Gasteiger partial charge is 0.0731 e. The Morgan fingerprint density at radius 2 is 2.45 bits per heavy atom. The quantitative estimate of drug-likeness (QED) is 0.715. The Balaban J connectivity index is 2.87. The van der Waals surface area contributed by atoms with Crippen LogP contribution in [0.4, 0.5) is 0 Å². The van der Waals surface area contributed by atoms with Crippen LogP contribution in [0.2, 0.25) is 0 Å². The molecule has 2 N–H and O–H groups in total. The minimum Gasteiger partial charge on any atom is -0.394 e. The molecule has 2 nitrogen and oxygen atoms in total. The Morgan fingerprint density at radius 3 is 2.82 bits per heavy atom. The lowest BCUT2D eigenvalue weighted by atomic mass is 10.0. The number of thiophene rings is 1. The number of hydrogen-bond acceptors (Lipinski definition) is 3. The summed E-state index contributed by atoms with van der Waals surface area (Å²) in [6, 6.07) is 4.02. The lowest BCUT2D eigenvalue weighted by molar-refractivity contribution is 0.186. The van der Waals surface area contributed by atoms with Gasteiger partial charge in [0.1, 0.15) is 0 Å². The summed E-state index contributed by atoms with van der Waals surface area (Å²) in [5, 5.41) is 14.2. The van der Waals surface area contributed by atoms with E-state index in [0.717, 1.165) is 0 Å². The van der Waals surface area contributed by atoms with Crippen LogP contribution < -0.4 is 5.32 Å². The lowest BCUT2D eigenvalue weighted by Gasteiger charge is -2.25. The number of nitrogens with one attached hydrogen (secondary N) is 1. The molecule has 0 aromatic carbocycles. The molecule has 0 bridgehead atoms. The fraction of sp³-hybridized carbons (Fsp3) is 0.500. The number of aliphatic hydroxyl groups is 1. The van der Waals surface area contributed by atoms with Crippen LogP contribution in [0.1, 0.15) is 11.8 Å². The molecule has 0 spiro atoms. The van der Waals surface area contributed by atoms with Gasteiger partial charge >= 0.3 is 0 Å². The van der Waals surface area contributed by atoms with E-state index in [1.165, 1.54) is 4.88 Å². The van der Waals surface area contributed by atoms with E-state index >= 15 is 0 Å². The van der Waals surface area contributed by atoms with E-state index in [1.54, 1.807) is 11.3 Å². The van der Waals surface area contributed by atoms with E-state index in [0.29, 0.717) is 0 Å². The maximum atomic E-state index is 9.10. The van der Waals surface area contributed by atoms with Gasteiger partial charge in [0.15, 0.2) is 0 Å². The van der Waals surface area contributed by atoms with E-state index in [2.05, 4.69) is 5.32 Å². The van der Waals surface area contributed by atoms with Gasteiger partial charge in [-0.05, 0) is 25.4 Å². The van der Waals surface area contributed by atoms with Crippen LogP contribution in [0.5, 0.6) is 0 Å². The third-order valence-electron chi connectivity index (χ3n) is 1.93. The van der Waals surface area contributed by atoms with Gasteiger partial charge in [-0.2, -0.15) is 0 Å². The highest BCUT2D eigenvalue weighted by Crippen LogP contribution is 2.23. The summed E-state index contributed by atoms with van der Waals surface area (Å²) < 4.78 is 0. The molecule has 0 saturated carbocycles. The van der Waals surface area contributed by atoms with Crippen molar-refractivity contribution in [2.24, 2.45) is 0 Å². The molecular formula is C8H13NOS. The zero-order valence-corrected chi connectivity index (χ0v) is 7.61. The van der Waals surface area contributed by atoms with Crippen molar-refractivity contribution in [3.05, 3.63) is 22.4 Å². The minimum absolute atomic E-state index is 0.129. The highest BCUT2D eigenvalue weighted by Gasteiger charge is 2.23. The van der Waals surface area contributed by atoms with Crippen molar-refractivity contribution in [1.82, 2.24) is 5.32 Å². The predicted molar refractivity (Wildman–Crippen MR) is 47.8 cm³/mol. The molecule has 11 heavy (non-hydrogen) atoms. The van der Waals surface area contributed by atoms with Gasteiger partial charge in [0.25, 0.3) is 0 Å². The maximum Gasteiger partial charge on any atom is 0.0731 e. The molecule has 62 valence electrons. The average molecular weight is 171 g/mol. The summed E-state index contributed by atoms with van der Waals surface area (Å²) in [6.45, 7) is 2.11. The topological polar surface area (TPSA) is 32.3 Å². The highest BCUT2D eigenvalue weighted by molar-refractivity contribution is 7.10. The molecule has 0 fully saturated rings. The van der Waals surface area contributed by atoms with Crippen LogP contribution in [0.3, 0.4) is 0 Å². The third-order valence-corrected chi connectivity index (χ3v) is 3.07. The van der Waals surface area contributed by atoms with Crippen LogP contribution in [-0.4, -0.2) is 18.8 Å². The first-order chi connectivity index (χ1) is 5.23. The van der Waals surface area contributed by atoms with E-state index in [9.17, 15) is 0 Å². The van der Waals surface area contributed by atoms with Gasteiger partial charge < -0.3 is 10.4 Å². The minimum atomic E-state index is -0.270. The second-order valence-corrected chi connectivity index (χ2v) is 3.67. The van der Waals surface area contributed by atoms with Crippen molar-refractivity contribution in [3.8, 4) is 0 Å². The second kappa shape index (κ2) is 3.34. The van der Waals surface area contributed by atoms with Gasteiger partial charge in [-0.25, -0.2) is 0 Å². The standard InChI is InChI=1S/C8H13NOS/c1-8(6-10,9-2)7-4-3-5-11-7/h3-5,9-10H,6H2,1-2H3/t8-/m1/s1. The third kappa shape index (κ3) is 1.61. The fourth-order valence-corrected chi connectivity index (χ4v) is 1.76. The van der Waals surface area contributed by atoms with E-state index in [4.69, 9.17) is 5.11 Å². The second-order valence-electron chi connectivity index (χ2n) is 2.72. The zero-order valence-electron chi connectivity index (χ0n) is 6.79. The molecule has 3 heteroatoms. The summed E-state index contributed by atoms with van der Waals surface area (Å²) in [4.78, 5) is 1.17. The summed E-state index contributed by atoms with van der Waals surface area (Å²) in [6.07, 6.45) is 0. The number of likely N-dealkylation sites (N-methyl/N-ethyl adjacent to an activating group) is 1. The van der Waals surface area contributed by atoms with Gasteiger partial charge in [-0.1, -0.05) is 6.07 Å². The molecule has 1 heterocycles. The molecule has 0 aliphatic heterocycles. The van der Waals surface area contributed by atoms with Crippen LogP contribution in [0.25, 0.3) is 0 Å². The van der Waals surface area contributed by atoms with Crippen LogP contribution >= 0.6 is 11.3 Å². The number of aliphatic hydroxyl groups excluding tert-OH is 1. The molecule has 1 aromatic rings. The van der Waals surface area contributed by atoms with Crippen LogP contribution in [-0.2, 0) is 5.54 Å². The van der Waals surface area contributed by atoms with E-state index < -0.39 is 0 Å². The van der Waals surface area contributed by atoms with Gasteiger partial charge in [0, 0.05) is 4.88 Å². The number of hydrogen-bond donors (Lipinski definition) is 2. The van der Waals surface area contributed by atoms with Gasteiger partial charge in [-0.15, -0.1) is 11.3 Å². The van der Waals surface area contributed by atoms with E-state index in [1.807, 2.05) is 31.5 Å². The first kappa shape index (κ1) is 8.71. The SMILES string of the molecule is CN[C@](C)(CO)c1cccs1. The molecule has 0 unspecified atom stereocenters. The Kier molecular flexibility index (Phi) is 2.65. The van der Waals surface area contributed by atoms with Gasteiger partial charge in [-0.3, -0.25) is 0 Å². The predicted octanol–water partition coefficient (Wildman–Crippen LogP) is 1.18. The fourth-order valence-electron chi connectivity index (χ4n) is 0.873. The van der Waals surface area contributed by atoms with Crippen molar-refractivity contribution in [2.75, 3.05) is 13.7 Å². The molecule has 0 radical (unpaired) electrons. The first-order valence-electron chi connectivity index (χ1n) is 3.56. The summed E-state index contributed by atoms with van der Waals surface area (Å²) in [5.41, 5.74) is -0.270. The van der Waals surface area contributed by atoms with Gasteiger partial charge in [0.2, 0.25) is 0 Å². The van der Waals surface area contributed by atoms with Crippen molar-refractivity contribution in [1.29, 1.82) is 0 Å². The molecule has 0 aliphatic carbocycles. The van der Waals surface area contributed by atoms with Crippen molar-refractivity contribution < 1.29 is 5.11 Å². The van der Waals surface area contributed by atoms with Crippen molar-refractivity contribution >= 4 is 11.3 Å². The van der Waals surface area contributed by atoms with Crippen LogP contribution in [0, 0.1) is 0 Å². The molecule has 0 amide bonds. The average Bonchev–Trinajstić information content (AvgIpc) is 2.55. The summed E-state index contributed by atoms with van der Waals surface area (Å²) >= 11 is 1.66. The molecule has 0 aliphatic rings. The summed E-state index contributed by atoms with van der Waals surface area (Å²) in [5.74, 6) is 0. The van der Waals surface area contributed by atoms with Gasteiger partial charge in [0.05, 0.1) is 12.1 Å². The number of rotatable bonds is 3. The normalized spacial score (nSPS) is 16.3. The molecular weight excluding hydrogens is 158 g/mol. The Bertz CT molecular complexity index is 204. The maximum absolute atomic E-state index is 9.10. The first-order valence-corrected chi connectivity index (χ1v) is 4.44. The largest absolute Gasteiger partial charge is 0.394 e. The van der Waals surface area contributed by atoms with Crippen LogP contribution in [0.15, 0.2) is 17.5 Å².